The van der Waals surface area contributed by atoms with Gasteiger partial charge < -0.3 is 0 Å². The van der Waals surface area contributed by atoms with Gasteiger partial charge in [0.2, 0.25) is 0 Å². The van der Waals surface area contributed by atoms with Crippen LogP contribution in [0.2, 0.25) is 0 Å². The van der Waals surface area contributed by atoms with E-state index >= 15 is 0 Å². The molecule has 0 fully saturated rings. The van der Waals surface area contributed by atoms with Crippen LogP contribution < -0.4 is 0 Å². The molecule has 2 nitrogen and oxygen atoms in total. The first-order valence-corrected chi connectivity index (χ1v) is 5.48. The minimum atomic E-state index is 0.983. The normalized spacial score (nSPS) is 12.1. The van der Waals surface area contributed by atoms with Gasteiger partial charge in [-0.3, -0.25) is 0 Å². The van der Waals surface area contributed by atoms with Crippen molar-refractivity contribution in [2.24, 2.45) is 0 Å². The molecule has 0 saturated heterocycles. The van der Waals surface area contributed by atoms with E-state index in [2.05, 4.69) is 35.6 Å². The number of hydrogen-bond donors (Lipinski definition) is 0. The lowest BCUT2D eigenvalue weighted by molar-refractivity contribution is 1.04. The Morgan fingerprint density at radius 3 is 2.75 bits per heavy atom. The molecule has 0 unspecified atom stereocenters. The Balaban J connectivity index is 3.21. The molecule has 0 spiro atoms. The van der Waals surface area contributed by atoms with Gasteiger partial charge in [-0.25, -0.2) is 9.97 Å². The van der Waals surface area contributed by atoms with Crippen LogP contribution in [0.15, 0.2) is 37.2 Å². The highest BCUT2D eigenvalue weighted by molar-refractivity contribution is 5.74. The monoisotopic (exact) mass is 214 g/mol. The van der Waals surface area contributed by atoms with Gasteiger partial charge in [0.05, 0.1) is 5.69 Å². The summed E-state index contributed by atoms with van der Waals surface area (Å²) in [5, 5.41) is 0. The fourth-order valence-electron chi connectivity index (χ4n) is 1.41. The van der Waals surface area contributed by atoms with Gasteiger partial charge in [-0.15, -0.1) is 0 Å². The van der Waals surface area contributed by atoms with Gasteiger partial charge in [-0.2, -0.15) is 0 Å². The molecule has 0 aliphatic carbocycles. The standard InChI is InChI=1S/C14H18N2/c1-5-7-9-13(8-6-2)14-11(3)12(4)15-10-16-14/h6-10H,2,5H2,1,3-4H3/b9-7-,13-8+. The van der Waals surface area contributed by atoms with Crippen molar-refractivity contribution in [1.82, 2.24) is 9.97 Å². The van der Waals surface area contributed by atoms with Crippen molar-refractivity contribution in [2.45, 2.75) is 27.2 Å². The fourth-order valence-corrected chi connectivity index (χ4v) is 1.41. The molecule has 1 aromatic rings. The Kier molecular flexibility index (Phi) is 4.65. The van der Waals surface area contributed by atoms with E-state index in [1.807, 2.05) is 19.9 Å². The zero-order chi connectivity index (χ0) is 12.0. The molecule has 1 aromatic heterocycles. The average Bonchev–Trinajstić information content (AvgIpc) is 2.28. The van der Waals surface area contributed by atoms with E-state index in [4.69, 9.17) is 0 Å². The molecule has 1 heterocycles. The van der Waals surface area contributed by atoms with E-state index in [-0.39, 0.29) is 0 Å². The van der Waals surface area contributed by atoms with Crippen LogP contribution >= 0.6 is 0 Å². The van der Waals surface area contributed by atoms with Gasteiger partial charge in [0, 0.05) is 11.3 Å². The second-order valence-electron chi connectivity index (χ2n) is 3.60. The van der Waals surface area contributed by atoms with Crippen LogP contribution in [-0.4, -0.2) is 9.97 Å². The van der Waals surface area contributed by atoms with Crippen LogP contribution in [-0.2, 0) is 0 Å². The fraction of sp³-hybridized carbons (Fsp3) is 0.286. The molecule has 0 amide bonds. The number of allylic oxidation sites excluding steroid dienone is 5. The summed E-state index contributed by atoms with van der Waals surface area (Å²) < 4.78 is 0. The maximum absolute atomic E-state index is 4.33. The molecule has 0 N–H and O–H groups in total. The summed E-state index contributed by atoms with van der Waals surface area (Å²) in [4.78, 5) is 8.51. The summed E-state index contributed by atoms with van der Waals surface area (Å²) in [7, 11) is 0. The number of aromatic nitrogens is 2. The number of hydrogen-bond acceptors (Lipinski definition) is 2. The van der Waals surface area contributed by atoms with Crippen molar-refractivity contribution in [3.05, 3.63) is 54.2 Å². The number of nitrogens with zero attached hydrogens (tertiary/aromatic N) is 2. The van der Waals surface area contributed by atoms with E-state index in [1.54, 1.807) is 12.4 Å². The predicted octanol–water partition coefficient (Wildman–Crippen LogP) is 3.63. The van der Waals surface area contributed by atoms with Crippen molar-refractivity contribution in [1.29, 1.82) is 0 Å². The van der Waals surface area contributed by atoms with E-state index in [0.717, 1.165) is 28.9 Å². The van der Waals surface area contributed by atoms with Crippen LogP contribution in [0.5, 0.6) is 0 Å². The summed E-state index contributed by atoms with van der Waals surface area (Å²) in [5.41, 5.74) is 4.21. The molecule has 0 saturated carbocycles. The van der Waals surface area contributed by atoms with E-state index in [0.29, 0.717) is 0 Å². The minimum absolute atomic E-state index is 0.983. The van der Waals surface area contributed by atoms with Crippen LogP contribution in [0.25, 0.3) is 5.57 Å². The predicted molar refractivity (Wildman–Crippen MR) is 69.1 cm³/mol. The Bertz CT molecular complexity index is 428. The van der Waals surface area contributed by atoms with Crippen LogP contribution in [0.4, 0.5) is 0 Å². The zero-order valence-corrected chi connectivity index (χ0v) is 10.2. The molecule has 2 heteroatoms. The van der Waals surface area contributed by atoms with Crippen molar-refractivity contribution >= 4 is 5.57 Å². The first-order valence-electron chi connectivity index (χ1n) is 5.48. The lowest BCUT2D eigenvalue weighted by Gasteiger charge is -2.07. The van der Waals surface area contributed by atoms with Crippen molar-refractivity contribution in [3.63, 3.8) is 0 Å². The quantitative estimate of drug-likeness (QED) is 0.715. The van der Waals surface area contributed by atoms with Crippen molar-refractivity contribution in [2.75, 3.05) is 0 Å². The van der Waals surface area contributed by atoms with Gasteiger partial charge in [0.1, 0.15) is 6.33 Å². The van der Waals surface area contributed by atoms with Crippen molar-refractivity contribution < 1.29 is 0 Å². The van der Waals surface area contributed by atoms with Crippen LogP contribution in [0.3, 0.4) is 0 Å². The topological polar surface area (TPSA) is 25.8 Å². The Hall–Kier alpha value is -1.70. The highest BCUT2D eigenvalue weighted by Gasteiger charge is 2.05. The maximum atomic E-state index is 4.33. The Morgan fingerprint density at radius 1 is 1.38 bits per heavy atom. The third-order valence-corrected chi connectivity index (χ3v) is 2.44. The van der Waals surface area contributed by atoms with Gasteiger partial charge in [0.25, 0.3) is 0 Å². The largest absolute Gasteiger partial charge is 0.241 e. The smallest absolute Gasteiger partial charge is 0.116 e. The summed E-state index contributed by atoms with van der Waals surface area (Å²) in [6.45, 7) is 9.88. The maximum Gasteiger partial charge on any atom is 0.116 e. The Labute approximate surface area is 97.5 Å². The molecule has 0 bridgehead atoms. The highest BCUT2D eigenvalue weighted by atomic mass is 14.8. The Morgan fingerprint density at radius 2 is 2.12 bits per heavy atom. The zero-order valence-electron chi connectivity index (χ0n) is 10.2. The number of rotatable bonds is 4. The first kappa shape index (κ1) is 12.4. The lowest BCUT2D eigenvalue weighted by atomic mass is 10.0. The van der Waals surface area contributed by atoms with E-state index < -0.39 is 0 Å². The third kappa shape index (κ3) is 2.89. The molecule has 84 valence electrons. The lowest BCUT2D eigenvalue weighted by Crippen LogP contribution is -1.97. The molecule has 0 aromatic carbocycles. The van der Waals surface area contributed by atoms with Gasteiger partial charge in [0.15, 0.2) is 0 Å². The average molecular weight is 214 g/mol. The summed E-state index contributed by atoms with van der Waals surface area (Å²) >= 11 is 0. The van der Waals surface area contributed by atoms with Crippen molar-refractivity contribution in [3.8, 4) is 0 Å². The molecule has 0 aliphatic rings. The summed E-state index contributed by atoms with van der Waals surface area (Å²) in [5.74, 6) is 0. The molecular formula is C14H18N2. The van der Waals surface area contributed by atoms with Crippen LogP contribution in [0, 0.1) is 13.8 Å². The van der Waals surface area contributed by atoms with Gasteiger partial charge in [-0.05, 0) is 25.8 Å². The van der Waals surface area contributed by atoms with Gasteiger partial charge in [-0.1, -0.05) is 37.8 Å². The second kappa shape index (κ2) is 6.01. The van der Waals surface area contributed by atoms with E-state index in [1.165, 1.54) is 0 Å². The second-order valence-corrected chi connectivity index (χ2v) is 3.60. The number of aryl methyl sites for hydroxylation is 1. The molecule has 0 aliphatic heterocycles. The molecule has 0 atom stereocenters. The third-order valence-electron chi connectivity index (χ3n) is 2.44. The SMILES string of the molecule is C=C/C=C(\C=C/CC)c1ncnc(C)c1C. The summed E-state index contributed by atoms with van der Waals surface area (Å²) in [6, 6.07) is 0. The minimum Gasteiger partial charge on any atom is -0.241 e. The highest BCUT2D eigenvalue weighted by Crippen LogP contribution is 2.19. The molecule has 16 heavy (non-hydrogen) atoms. The first-order chi connectivity index (χ1) is 7.70. The molecule has 1 rings (SSSR count). The molecule has 0 radical (unpaired) electrons. The van der Waals surface area contributed by atoms with E-state index in [9.17, 15) is 0 Å². The summed E-state index contributed by atoms with van der Waals surface area (Å²) in [6.07, 6.45) is 10.6. The van der Waals surface area contributed by atoms with Crippen LogP contribution in [0.1, 0.15) is 30.3 Å². The van der Waals surface area contributed by atoms with Gasteiger partial charge >= 0.3 is 0 Å². The molecular weight excluding hydrogens is 196 g/mol.